The predicted molar refractivity (Wildman–Crippen MR) is 85.7 cm³/mol. The Balaban J connectivity index is 2.16. The molecule has 1 aromatic carbocycles. The zero-order chi connectivity index (χ0) is 15.4. The molecule has 5 nitrogen and oxygen atoms in total. The fourth-order valence-corrected chi connectivity index (χ4v) is 2.69. The average molecular weight is 307 g/mol. The molecule has 2 rings (SSSR count). The summed E-state index contributed by atoms with van der Waals surface area (Å²) in [6.07, 6.45) is 0. The number of rotatable bonds is 6. The van der Waals surface area contributed by atoms with Crippen LogP contribution in [0.15, 0.2) is 18.2 Å². The van der Waals surface area contributed by atoms with E-state index in [1.807, 2.05) is 25.2 Å². The monoisotopic (exact) mass is 307 g/mol. The van der Waals surface area contributed by atoms with Gasteiger partial charge in [0.2, 0.25) is 5.13 Å². The number of ether oxygens (including phenoxy) is 2. The maximum Gasteiger partial charge on any atom is 0.205 e. The van der Waals surface area contributed by atoms with E-state index >= 15 is 0 Å². The van der Waals surface area contributed by atoms with Gasteiger partial charge in [-0.1, -0.05) is 13.8 Å². The zero-order valence-corrected chi connectivity index (χ0v) is 13.9. The minimum absolute atomic E-state index is 0.346. The van der Waals surface area contributed by atoms with Gasteiger partial charge in [-0.05, 0) is 12.1 Å². The van der Waals surface area contributed by atoms with E-state index in [4.69, 9.17) is 9.47 Å². The zero-order valence-electron chi connectivity index (χ0n) is 13.1. The van der Waals surface area contributed by atoms with Crippen molar-refractivity contribution in [2.24, 2.45) is 0 Å². The summed E-state index contributed by atoms with van der Waals surface area (Å²) < 4.78 is 15.0. The number of anilines is 1. The van der Waals surface area contributed by atoms with Gasteiger partial charge in [-0.2, -0.15) is 4.37 Å². The average Bonchev–Trinajstić information content (AvgIpc) is 2.97. The Bertz CT molecular complexity index is 598. The van der Waals surface area contributed by atoms with Crippen LogP contribution >= 0.6 is 11.5 Å². The van der Waals surface area contributed by atoms with Crippen LogP contribution in [0.5, 0.6) is 11.5 Å². The van der Waals surface area contributed by atoms with Crippen LogP contribution in [0.2, 0.25) is 0 Å². The van der Waals surface area contributed by atoms with Crippen LogP contribution in [0.25, 0.3) is 0 Å². The highest BCUT2D eigenvalue weighted by atomic mass is 32.1. The van der Waals surface area contributed by atoms with Crippen molar-refractivity contribution >= 4 is 16.7 Å². The molecule has 0 aliphatic rings. The third-order valence-electron chi connectivity index (χ3n) is 3.18. The Morgan fingerprint density at radius 1 is 1.24 bits per heavy atom. The van der Waals surface area contributed by atoms with Crippen LogP contribution in [0.3, 0.4) is 0 Å². The molecule has 0 atom stereocenters. The molecule has 0 N–H and O–H groups in total. The van der Waals surface area contributed by atoms with Gasteiger partial charge in [0.05, 0.1) is 14.2 Å². The summed E-state index contributed by atoms with van der Waals surface area (Å²) in [6.45, 7) is 4.90. The topological polar surface area (TPSA) is 47.5 Å². The standard InChI is InChI=1S/C15H21N3O2S/c1-10(2)14-16-15(21-17-14)18(3)9-11-6-7-12(19-4)8-13(11)20-5/h6-8,10H,9H2,1-5H3. The van der Waals surface area contributed by atoms with E-state index in [-0.39, 0.29) is 0 Å². The first kappa shape index (κ1) is 15.6. The Kier molecular flexibility index (Phi) is 5.01. The third kappa shape index (κ3) is 3.64. The maximum atomic E-state index is 5.43. The van der Waals surface area contributed by atoms with Gasteiger partial charge < -0.3 is 14.4 Å². The second-order valence-electron chi connectivity index (χ2n) is 5.12. The molecule has 0 spiro atoms. The molecule has 2 aromatic rings. The molecule has 0 aliphatic heterocycles. The van der Waals surface area contributed by atoms with Gasteiger partial charge in [0.25, 0.3) is 0 Å². The highest BCUT2D eigenvalue weighted by Gasteiger charge is 2.13. The number of aromatic nitrogens is 2. The molecule has 0 fully saturated rings. The lowest BCUT2D eigenvalue weighted by atomic mass is 10.2. The summed E-state index contributed by atoms with van der Waals surface area (Å²) in [4.78, 5) is 6.64. The molecular formula is C15H21N3O2S. The summed E-state index contributed by atoms with van der Waals surface area (Å²) in [6, 6.07) is 5.84. The van der Waals surface area contributed by atoms with E-state index in [0.29, 0.717) is 12.5 Å². The molecule has 0 amide bonds. The van der Waals surface area contributed by atoms with E-state index in [2.05, 4.69) is 28.1 Å². The predicted octanol–water partition coefficient (Wildman–Crippen LogP) is 3.32. The van der Waals surface area contributed by atoms with Crippen LogP contribution in [0.1, 0.15) is 31.2 Å². The molecule has 0 saturated carbocycles. The van der Waals surface area contributed by atoms with E-state index in [1.54, 1.807) is 14.2 Å². The highest BCUT2D eigenvalue weighted by Crippen LogP contribution is 2.28. The molecule has 0 saturated heterocycles. The molecular weight excluding hydrogens is 286 g/mol. The van der Waals surface area contributed by atoms with Crippen LogP contribution in [-0.4, -0.2) is 30.6 Å². The van der Waals surface area contributed by atoms with Crippen molar-refractivity contribution in [3.8, 4) is 11.5 Å². The number of methoxy groups -OCH3 is 2. The van der Waals surface area contributed by atoms with Crippen LogP contribution in [-0.2, 0) is 6.54 Å². The van der Waals surface area contributed by atoms with Gasteiger partial charge in [0.1, 0.15) is 17.3 Å². The summed E-state index contributed by atoms with van der Waals surface area (Å²) in [5, 5.41) is 0.913. The van der Waals surface area contributed by atoms with E-state index < -0.39 is 0 Å². The van der Waals surface area contributed by atoms with Crippen molar-refractivity contribution in [2.45, 2.75) is 26.3 Å². The maximum absolute atomic E-state index is 5.43. The quantitative estimate of drug-likeness (QED) is 0.819. The minimum Gasteiger partial charge on any atom is -0.497 e. The first-order chi connectivity index (χ1) is 10.0. The molecule has 0 unspecified atom stereocenters. The Morgan fingerprint density at radius 3 is 2.57 bits per heavy atom. The Morgan fingerprint density at radius 2 is 2.00 bits per heavy atom. The van der Waals surface area contributed by atoms with E-state index in [9.17, 15) is 0 Å². The second-order valence-corrected chi connectivity index (χ2v) is 5.85. The van der Waals surface area contributed by atoms with Gasteiger partial charge >= 0.3 is 0 Å². The molecule has 0 bridgehead atoms. The molecule has 0 radical (unpaired) electrons. The fourth-order valence-electron chi connectivity index (χ4n) is 1.92. The van der Waals surface area contributed by atoms with Crippen LogP contribution in [0, 0.1) is 0 Å². The first-order valence-corrected chi connectivity index (χ1v) is 7.58. The van der Waals surface area contributed by atoms with Crippen molar-refractivity contribution in [3.05, 3.63) is 29.6 Å². The number of nitrogens with zero attached hydrogens (tertiary/aromatic N) is 3. The van der Waals surface area contributed by atoms with Gasteiger partial charge in [0, 0.05) is 42.7 Å². The Labute approximate surface area is 129 Å². The summed E-state index contributed by atoms with van der Waals surface area (Å²) in [5.41, 5.74) is 1.09. The van der Waals surface area contributed by atoms with Gasteiger partial charge in [-0.3, -0.25) is 0 Å². The molecule has 6 heteroatoms. The third-order valence-corrected chi connectivity index (χ3v) is 4.02. The van der Waals surface area contributed by atoms with Crippen molar-refractivity contribution in [2.75, 3.05) is 26.2 Å². The largest absolute Gasteiger partial charge is 0.497 e. The normalized spacial score (nSPS) is 10.8. The highest BCUT2D eigenvalue weighted by molar-refractivity contribution is 7.09. The second kappa shape index (κ2) is 6.76. The minimum atomic E-state index is 0.346. The van der Waals surface area contributed by atoms with E-state index in [1.165, 1.54) is 11.5 Å². The molecule has 1 heterocycles. The smallest absolute Gasteiger partial charge is 0.205 e. The van der Waals surface area contributed by atoms with Gasteiger partial charge in [0.15, 0.2) is 0 Å². The van der Waals surface area contributed by atoms with Crippen molar-refractivity contribution in [3.63, 3.8) is 0 Å². The van der Waals surface area contributed by atoms with Crippen molar-refractivity contribution in [1.29, 1.82) is 0 Å². The van der Waals surface area contributed by atoms with Crippen LogP contribution in [0.4, 0.5) is 5.13 Å². The first-order valence-electron chi connectivity index (χ1n) is 6.80. The number of hydrogen-bond acceptors (Lipinski definition) is 6. The molecule has 114 valence electrons. The Hall–Kier alpha value is -1.82. The van der Waals surface area contributed by atoms with Gasteiger partial charge in [-0.25, -0.2) is 4.98 Å². The lowest BCUT2D eigenvalue weighted by Crippen LogP contribution is -2.16. The van der Waals surface area contributed by atoms with Crippen molar-refractivity contribution < 1.29 is 9.47 Å². The lowest BCUT2D eigenvalue weighted by Gasteiger charge is -2.17. The number of benzene rings is 1. The fraction of sp³-hybridized carbons (Fsp3) is 0.467. The van der Waals surface area contributed by atoms with Gasteiger partial charge in [-0.15, -0.1) is 0 Å². The number of hydrogen-bond donors (Lipinski definition) is 0. The summed E-state index contributed by atoms with van der Waals surface area (Å²) in [5.74, 6) is 2.84. The lowest BCUT2D eigenvalue weighted by molar-refractivity contribution is 0.391. The molecule has 21 heavy (non-hydrogen) atoms. The van der Waals surface area contributed by atoms with Crippen LogP contribution < -0.4 is 14.4 Å². The van der Waals surface area contributed by atoms with E-state index in [0.717, 1.165) is 28.0 Å². The summed E-state index contributed by atoms with van der Waals surface area (Å²) >= 11 is 1.43. The molecule has 1 aromatic heterocycles. The summed E-state index contributed by atoms with van der Waals surface area (Å²) in [7, 11) is 5.32. The SMILES string of the molecule is COc1ccc(CN(C)c2nc(C(C)C)ns2)c(OC)c1. The molecule has 0 aliphatic carbocycles. The van der Waals surface area contributed by atoms with Crippen molar-refractivity contribution in [1.82, 2.24) is 9.36 Å².